The first-order valence-corrected chi connectivity index (χ1v) is 7.79. The van der Waals surface area contributed by atoms with Gasteiger partial charge in [-0.05, 0) is 37.0 Å². The van der Waals surface area contributed by atoms with Gasteiger partial charge in [-0.1, -0.05) is 6.07 Å². The number of rotatable bonds is 4. The van der Waals surface area contributed by atoms with Crippen molar-refractivity contribution in [3.05, 3.63) is 41.7 Å². The molecule has 1 aliphatic rings. The second-order valence-electron chi connectivity index (χ2n) is 4.69. The lowest BCUT2D eigenvalue weighted by molar-refractivity contribution is -0.0499. The van der Waals surface area contributed by atoms with Crippen LogP contribution < -0.4 is 4.74 Å². The van der Waals surface area contributed by atoms with Crippen LogP contribution in [0.5, 0.6) is 5.75 Å². The fourth-order valence-electron chi connectivity index (χ4n) is 2.33. The van der Waals surface area contributed by atoms with Crippen molar-refractivity contribution in [2.75, 3.05) is 0 Å². The zero-order chi connectivity index (χ0) is 15.0. The molecule has 8 heteroatoms. The molecule has 0 aliphatic heterocycles. The molecular weight excluding hydrogens is 302 g/mol. The summed E-state index contributed by atoms with van der Waals surface area (Å²) in [7, 11) is -3.89. The van der Waals surface area contributed by atoms with Crippen molar-refractivity contribution in [1.29, 1.82) is 0 Å². The van der Waals surface area contributed by atoms with Crippen LogP contribution in [0.25, 0.3) is 0 Å². The van der Waals surface area contributed by atoms with Crippen molar-refractivity contribution >= 4 is 10.0 Å². The molecule has 0 saturated carbocycles. The van der Waals surface area contributed by atoms with Crippen LogP contribution in [0.2, 0.25) is 0 Å². The second kappa shape index (κ2) is 5.10. The summed E-state index contributed by atoms with van der Waals surface area (Å²) in [5.41, 5.74) is 1.69. The summed E-state index contributed by atoms with van der Waals surface area (Å²) in [6, 6.07) is 5.00. The number of ether oxygens (including phenoxy) is 1. The van der Waals surface area contributed by atoms with Crippen molar-refractivity contribution in [2.24, 2.45) is 0 Å². The topological polar surface area (TPSA) is 61.2 Å². The van der Waals surface area contributed by atoms with Gasteiger partial charge in [-0.25, -0.2) is 0 Å². The number of alkyl halides is 2. The lowest BCUT2D eigenvalue weighted by Crippen LogP contribution is -2.14. The van der Waals surface area contributed by atoms with Crippen LogP contribution in [0, 0.1) is 0 Å². The first-order valence-electron chi connectivity index (χ1n) is 6.35. The van der Waals surface area contributed by atoms with Crippen molar-refractivity contribution in [2.45, 2.75) is 30.8 Å². The van der Waals surface area contributed by atoms with Gasteiger partial charge in [0, 0.05) is 12.3 Å². The Morgan fingerprint density at radius 2 is 2.10 bits per heavy atom. The Morgan fingerprint density at radius 3 is 2.81 bits per heavy atom. The van der Waals surface area contributed by atoms with Crippen LogP contribution in [0.1, 0.15) is 17.7 Å². The minimum absolute atomic E-state index is 0.137. The SMILES string of the molecule is O=S(=O)(c1cccc(OC(F)F)c1)n1cc2c(n1)CCC2. The minimum Gasteiger partial charge on any atom is -0.435 e. The van der Waals surface area contributed by atoms with E-state index in [9.17, 15) is 17.2 Å². The molecule has 112 valence electrons. The number of nitrogens with zero attached hydrogens (tertiary/aromatic N) is 2. The molecule has 3 rings (SSSR count). The summed E-state index contributed by atoms with van der Waals surface area (Å²) in [5, 5.41) is 4.07. The first-order chi connectivity index (χ1) is 9.96. The molecule has 5 nitrogen and oxygen atoms in total. The summed E-state index contributed by atoms with van der Waals surface area (Å²) in [5.74, 6) is -0.203. The van der Waals surface area contributed by atoms with Gasteiger partial charge in [0.2, 0.25) is 0 Å². The summed E-state index contributed by atoms with van der Waals surface area (Å²) in [6.45, 7) is -3.00. The van der Waals surface area contributed by atoms with Gasteiger partial charge in [-0.15, -0.1) is 0 Å². The maximum Gasteiger partial charge on any atom is 0.387 e. The normalized spacial score (nSPS) is 14.4. The lowest BCUT2D eigenvalue weighted by Gasteiger charge is -2.08. The molecule has 0 N–H and O–H groups in total. The van der Waals surface area contributed by atoms with Gasteiger partial charge in [0.25, 0.3) is 10.0 Å². The minimum atomic E-state index is -3.89. The van der Waals surface area contributed by atoms with Crippen molar-refractivity contribution < 1.29 is 21.9 Å². The van der Waals surface area contributed by atoms with E-state index in [1.54, 1.807) is 0 Å². The summed E-state index contributed by atoms with van der Waals surface area (Å²) >= 11 is 0. The molecule has 0 fully saturated rings. The molecule has 0 bridgehead atoms. The van der Waals surface area contributed by atoms with E-state index in [0.717, 1.165) is 40.7 Å². The van der Waals surface area contributed by atoms with E-state index in [0.29, 0.717) is 0 Å². The molecule has 0 atom stereocenters. The monoisotopic (exact) mass is 314 g/mol. The van der Waals surface area contributed by atoms with Crippen LogP contribution >= 0.6 is 0 Å². The molecule has 0 radical (unpaired) electrons. The molecule has 2 aromatic rings. The zero-order valence-electron chi connectivity index (χ0n) is 10.9. The van der Waals surface area contributed by atoms with E-state index in [2.05, 4.69) is 9.84 Å². The average molecular weight is 314 g/mol. The Balaban J connectivity index is 1.97. The van der Waals surface area contributed by atoms with Gasteiger partial charge in [0.1, 0.15) is 5.75 Å². The van der Waals surface area contributed by atoms with Gasteiger partial charge in [-0.3, -0.25) is 0 Å². The van der Waals surface area contributed by atoms with E-state index in [4.69, 9.17) is 0 Å². The van der Waals surface area contributed by atoms with Gasteiger partial charge in [-0.2, -0.15) is 26.4 Å². The average Bonchev–Trinajstić information content (AvgIpc) is 2.99. The van der Waals surface area contributed by atoms with Crippen LogP contribution in [-0.2, 0) is 22.9 Å². The highest BCUT2D eigenvalue weighted by molar-refractivity contribution is 7.89. The zero-order valence-corrected chi connectivity index (χ0v) is 11.7. The van der Waals surface area contributed by atoms with Gasteiger partial charge < -0.3 is 4.74 Å². The molecule has 1 aromatic heterocycles. The molecular formula is C13H12F2N2O3S. The van der Waals surface area contributed by atoms with E-state index in [1.807, 2.05) is 0 Å². The van der Waals surface area contributed by atoms with E-state index < -0.39 is 16.6 Å². The third-order valence-corrected chi connectivity index (χ3v) is 4.82. The number of benzene rings is 1. The molecule has 1 aromatic carbocycles. The Bertz CT molecular complexity index is 750. The maximum atomic E-state index is 12.4. The Labute approximate surface area is 120 Å². The van der Waals surface area contributed by atoms with Gasteiger partial charge >= 0.3 is 6.61 Å². The number of hydrogen-bond donors (Lipinski definition) is 0. The largest absolute Gasteiger partial charge is 0.435 e. The number of aryl methyl sites for hydroxylation is 2. The third kappa shape index (κ3) is 2.63. The van der Waals surface area contributed by atoms with Crippen LogP contribution in [-0.4, -0.2) is 24.2 Å². The number of halogens is 2. The Hall–Kier alpha value is -1.96. The standard InChI is InChI=1S/C13H12F2N2O3S/c14-13(15)20-10-4-2-5-11(7-10)21(18,19)17-8-9-3-1-6-12(9)16-17/h2,4-5,7-8,13H,1,3,6H2. The number of fused-ring (bicyclic) bond motifs is 1. The van der Waals surface area contributed by atoms with Crippen LogP contribution in [0.3, 0.4) is 0 Å². The predicted molar refractivity (Wildman–Crippen MR) is 69.9 cm³/mol. The maximum absolute atomic E-state index is 12.4. The highest BCUT2D eigenvalue weighted by Gasteiger charge is 2.23. The van der Waals surface area contributed by atoms with Crippen LogP contribution in [0.15, 0.2) is 35.4 Å². The third-order valence-electron chi connectivity index (χ3n) is 3.29. The van der Waals surface area contributed by atoms with E-state index >= 15 is 0 Å². The molecule has 1 aliphatic carbocycles. The van der Waals surface area contributed by atoms with Crippen LogP contribution in [0.4, 0.5) is 8.78 Å². The number of aromatic nitrogens is 2. The van der Waals surface area contributed by atoms with E-state index in [-0.39, 0.29) is 10.6 Å². The molecule has 0 amide bonds. The molecule has 0 spiro atoms. The summed E-state index contributed by atoms with van der Waals surface area (Å²) in [4.78, 5) is -0.137. The number of hydrogen-bond acceptors (Lipinski definition) is 4. The van der Waals surface area contributed by atoms with Crippen molar-refractivity contribution in [3.63, 3.8) is 0 Å². The van der Waals surface area contributed by atoms with Gasteiger partial charge in [0.15, 0.2) is 0 Å². The highest BCUT2D eigenvalue weighted by atomic mass is 32.2. The Morgan fingerprint density at radius 1 is 1.29 bits per heavy atom. The molecule has 21 heavy (non-hydrogen) atoms. The quantitative estimate of drug-likeness (QED) is 0.868. The highest BCUT2D eigenvalue weighted by Crippen LogP contribution is 2.24. The second-order valence-corrected chi connectivity index (χ2v) is 6.48. The molecule has 1 heterocycles. The lowest BCUT2D eigenvalue weighted by atomic mass is 10.3. The van der Waals surface area contributed by atoms with Crippen molar-refractivity contribution in [3.8, 4) is 5.75 Å². The summed E-state index contributed by atoms with van der Waals surface area (Å²) < 4.78 is 54.4. The fourth-order valence-corrected chi connectivity index (χ4v) is 3.53. The summed E-state index contributed by atoms with van der Waals surface area (Å²) in [6.07, 6.45) is 4.01. The van der Waals surface area contributed by atoms with Gasteiger partial charge in [0.05, 0.1) is 10.6 Å². The molecule has 0 unspecified atom stereocenters. The predicted octanol–water partition coefficient (Wildman–Crippen LogP) is 2.21. The van der Waals surface area contributed by atoms with E-state index in [1.165, 1.54) is 24.4 Å². The van der Waals surface area contributed by atoms with Crippen molar-refractivity contribution in [1.82, 2.24) is 9.19 Å². The smallest absolute Gasteiger partial charge is 0.387 e. The molecule has 0 saturated heterocycles. The first kappa shape index (κ1) is 14.0. The Kier molecular flexibility index (Phi) is 3.40. The fraction of sp³-hybridized carbons (Fsp3) is 0.308.